The lowest BCUT2D eigenvalue weighted by molar-refractivity contribution is -0.145. The van der Waals surface area contributed by atoms with E-state index < -0.39 is 23.2 Å². The molecule has 2 N–H and O–H groups in total. The fourth-order valence-corrected chi connectivity index (χ4v) is 2.55. The Morgan fingerprint density at radius 2 is 2.05 bits per heavy atom. The first kappa shape index (κ1) is 13.9. The van der Waals surface area contributed by atoms with Crippen LogP contribution >= 0.6 is 0 Å². The summed E-state index contributed by atoms with van der Waals surface area (Å²) in [6, 6.07) is 7.64. The van der Waals surface area contributed by atoms with Gasteiger partial charge in [0.05, 0.1) is 0 Å². The number of ether oxygens (including phenoxy) is 1. The van der Waals surface area contributed by atoms with Gasteiger partial charge in [0.25, 0.3) is 0 Å². The fourth-order valence-electron chi connectivity index (χ4n) is 2.55. The molecule has 0 saturated carbocycles. The van der Waals surface area contributed by atoms with Crippen LogP contribution in [0.25, 0.3) is 0 Å². The summed E-state index contributed by atoms with van der Waals surface area (Å²) < 4.78 is 12.5. The molecule has 114 valence electrons. The molecule has 0 aromatic heterocycles. The summed E-state index contributed by atoms with van der Waals surface area (Å²) in [6.45, 7) is 3.13. The van der Waals surface area contributed by atoms with Crippen molar-refractivity contribution in [2.45, 2.75) is 51.1 Å². The molecule has 21 heavy (non-hydrogen) atoms. The van der Waals surface area contributed by atoms with Crippen molar-refractivity contribution in [2.75, 3.05) is 0 Å². The van der Waals surface area contributed by atoms with Crippen LogP contribution in [0.5, 0.6) is 0 Å². The van der Waals surface area contributed by atoms with Gasteiger partial charge >= 0.3 is 12.1 Å². The van der Waals surface area contributed by atoms with Gasteiger partial charge in [0.15, 0.2) is 0 Å². The number of carbonyl (C=O) groups is 2. The summed E-state index contributed by atoms with van der Waals surface area (Å²) in [4.78, 5) is 23.8. The van der Waals surface area contributed by atoms with Gasteiger partial charge in [0, 0.05) is 7.79 Å². The number of aliphatic carboxylic acids is 1. The molecular formula is C16H21NO4. The molecule has 1 aromatic rings. The zero-order chi connectivity index (χ0) is 16.4. The van der Waals surface area contributed by atoms with E-state index in [0.717, 1.165) is 11.1 Å². The molecule has 5 heteroatoms. The topological polar surface area (TPSA) is 75.6 Å². The highest BCUT2D eigenvalue weighted by molar-refractivity contribution is 5.85. The largest absolute Gasteiger partial charge is 0.479 e. The highest BCUT2D eigenvalue weighted by Gasteiger charge is 2.43. The number of nitrogens with one attached hydrogen (secondary N) is 1. The van der Waals surface area contributed by atoms with E-state index in [1.807, 2.05) is 24.3 Å². The van der Waals surface area contributed by atoms with Gasteiger partial charge in [-0.25, -0.2) is 9.59 Å². The number of hydrogen-bond acceptors (Lipinski definition) is 3. The molecule has 0 aliphatic heterocycles. The van der Waals surface area contributed by atoms with Crippen LogP contribution in [-0.2, 0) is 22.4 Å². The van der Waals surface area contributed by atoms with Crippen LogP contribution < -0.4 is 5.32 Å². The van der Waals surface area contributed by atoms with Crippen LogP contribution in [0.15, 0.2) is 24.3 Å². The number of benzene rings is 1. The highest BCUT2D eigenvalue weighted by atomic mass is 16.6. The SMILES string of the molecule is [2H]CC(C)(C)OC(=O)NC1(C(=O)O)CCc2ccccc2C1. The highest BCUT2D eigenvalue weighted by Crippen LogP contribution is 2.29. The Kier molecular flexibility index (Phi) is 3.57. The van der Waals surface area contributed by atoms with Crippen LogP contribution in [0.3, 0.4) is 0 Å². The van der Waals surface area contributed by atoms with E-state index in [1.165, 1.54) is 0 Å². The molecule has 5 nitrogen and oxygen atoms in total. The summed E-state index contributed by atoms with van der Waals surface area (Å²) in [5, 5.41) is 12.1. The van der Waals surface area contributed by atoms with Crippen molar-refractivity contribution in [2.24, 2.45) is 0 Å². The maximum atomic E-state index is 12.0. The van der Waals surface area contributed by atoms with E-state index in [4.69, 9.17) is 6.11 Å². The van der Waals surface area contributed by atoms with Gasteiger partial charge in [-0.15, -0.1) is 0 Å². The third kappa shape index (κ3) is 3.54. The summed E-state index contributed by atoms with van der Waals surface area (Å²) in [6.07, 6.45) is 0.342. The second-order valence-corrected chi connectivity index (χ2v) is 6.11. The second-order valence-electron chi connectivity index (χ2n) is 6.11. The first-order chi connectivity index (χ1) is 10.3. The molecule has 1 aromatic carbocycles. The normalized spacial score (nSPS) is 21.9. The number of carboxylic acids is 1. The van der Waals surface area contributed by atoms with Crippen molar-refractivity contribution < 1.29 is 20.8 Å². The maximum absolute atomic E-state index is 12.0. The van der Waals surface area contributed by atoms with Crippen molar-refractivity contribution in [1.29, 1.82) is 0 Å². The van der Waals surface area contributed by atoms with Crippen LogP contribution in [-0.4, -0.2) is 28.3 Å². The molecule has 1 aliphatic rings. The number of rotatable bonds is 2. The van der Waals surface area contributed by atoms with E-state index in [9.17, 15) is 14.7 Å². The summed E-state index contributed by atoms with van der Waals surface area (Å²) in [5.41, 5.74) is -0.267. The summed E-state index contributed by atoms with van der Waals surface area (Å²) >= 11 is 0. The third-order valence-electron chi connectivity index (χ3n) is 3.55. The van der Waals surface area contributed by atoms with Gasteiger partial charge in [-0.3, -0.25) is 0 Å². The predicted octanol–water partition coefficient (Wildman–Crippen LogP) is 2.52. The minimum Gasteiger partial charge on any atom is -0.479 e. The van der Waals surface area contributed by atoms with Gasteiger partial charge < -0.3 is 15.2 Å². The average molecular weight is 292 g/mol. The average Bonchev–Trinajstić information content (AvgIpc) is 2.46. The number of carboxylic acid groups (broad SMARTS) is 1. The van der Waals surface area contributed by atoms with Crippen LogP contribution in [0.1, 0.15) is 39.7 Å². The summed E-state index contributed by atoms with van der Waals surface area (Å²) in [5.74, 6) is -1.07. The molecule has 1 atom stereocenters. The first-order valence-corrected chi connectivity index (χ1v) is 6.89. The zero-order valence-electron chi connectivity index (χ0n) is 13.3. The van der Waals surface area contributed by atoms with Gasteiger partial charge in [-0.2, -0.15) is 0 Å². The number of alkyl carbamates (subject to hydrolysis) is 1. The van der Waals surface area contributed by atoms with E-state index in [2.05, 4.69) is 5.32 Å². The quantitative estimate of drug-likeness (QED) is 0.878. The van der Waals surface area contributed by atoms with Crippen molar-refractivity contribution in [3.63, 3.8) is 0 Å². The van der Waals surface area contributed by atoms with Gasteiger partial charge in [0.2, 0.25) is 0 Å². The minimum atomic E-state index is -1.36. The summed E-state index contributed by atoms with van der Waals surface area (Å²) in [7, 11) is 0. The Morgan fingerprint density at radius 3 is 2.67 bits per heavy atom. The number of hydrogen-bond donors (Lipinski definition) is 2. The van der Waals surface area contributed by atoms with E-state index in [1.54, 1.807) is 13.8 Å². The Balaban J connectivity index is 2.18. The lowest BCUT2D eigenvalue weighted by Gasteiger charge is -2.35. The van der Waals surface area contributed by atoms with Crippen molar-refractivity contribution in [3.8, 4) is 0 Å². The lowest BCUT2D eigenvalue weighted by Crippen LogP contribution is -2.58. The van der Waals surface area contributed by atoms with Crippen LogP contribution in [0.4, 0.5) is 4.79 Å². The van der Waals surface area contributed by atoms with E-state index >= 15 is 0 Å². The van der Waals surface area contributed by atoms with Crippen LogP contribution in [0.2, 0.25) is 0 Å². The van der Waals surface area contributed by atoms with Gasteiger partial charge in [-0.1, -0.05) is 24.3 Å². The molecule has 2 rings (SSSR count). The van der Waals surface area contributed by atoms with E-state index in [0.29, 0.717) is 12.8 Å². The zero-order valence-corrected chi connectivity index (χ0v) is 12.3. The Bertz CT molecular complexity index is 587. The molecule has 1 aliphatic carbocycles. The molecule has 0 spiro atoms. The molecule has 0 saturated heterocycles. The Labute approximate surface area is 125 Å². The molecule has 0 heterocycles. The van der Waals surface area contributed by atoms with Crippen molar-refractivity contribution >= 4 is 12.1 Å². The molecule has 0 fully saturated rings. The minimum absolute atomic E-state index is 0.0939. The lowest BCUT2D eigenvalue weighted by atomic mass is 9.78. The number of carbonyl (C=O) groups excluding carboxylic acids is 1. The van der Waals surface area contributed by atoms with Crippen molar-refractivity contribution in [3.05, 3.63) is 35.4 Å². The molecular weight excluding hydrogens is 270 g/mol. The molecule has 0 radical (unpaired) electrons. The Morgan fingerprint density at radius 1 is 1.38 bits per heavy atom. The number of amides is 1. The monoisotopic (exact) mass is 292 g/mol. The number of aryl methyl sites for hydroxylation is 1. The van der Waals surface area contributed by atoms with E-state index in [-0.39, 0.29) is 13.3 Å². The van der Waals surface area contributed by atoms with Crippen LogP contribution in [0, 0.1) is 0 Å². The Hall–Kier alpha value is -2.04. The fraction of sp³-hybridized carbons (Fsp3) is 0.500. The molecule has 0 bridgehead atoms. The standard InChI is InChI=1S/C16H21NO4/c1-15(2,3)21-14(20)17-16(13(18)19)9-8-11-6-4-5-7-12(11)10-16/h4-7H,8-10H2,1-3H3,(H,17,20)(H,18,19)/i1D. The number of fused-ring (bicyclic) bond motifs is 1. The van der Waals surface area contributed by atoms with Gasteiger partial charge in [0.1, 0.15) is 11.1 Å². The third-order valence-corrected chi connectivity index (χ3v) is 3.55. The van der Waals surface area contributed by atoms with Crippen molar-refractivity contribution in [1.82, 2.24) is 5.32 Å². The smallest absolute Gasteiger partial charge is 0.408 e. The molecule has 1 unspecified atom stereocenters. The predicted molar refractivity (Wildman–Crippen MR) is 78.2 cm³/mol. The molecule has 1 amide bonds. The maximum Gasteiger partial charge on any atom is 0.408 e. The van der Waals surface area contributed by atoms with Gasteiger partial charge in [-0.05, 0) is 44.7 Å². The first-order valence-electron chi connectivity index (χ1n) is 7.59. The second kappa shape index (κ2) is 5.39.